The van der Waals surface area contributed by atoms with E-state index in [1.807, 2.05) is 24.3 Å². The van der Waals surface area contributed by atoms with Crippen molar-refractivity contribution in [3.05, 3.63) is 70.2 Å². The fourth-order valence-corrected chi connectivity index (χ4v) is 3.08. The normalized spacial score (nSPS) is 10.4. The second-order valence-corrected chi connectivity index (χ2v) is 6.57. The van der Waals surface area contributed by atoms with Gasteiger partial charge in [-0.15, -0.1) is 11.3 Å². The van der Waals surface area contributed by atoms with Gasteiger partial charge in [0.1, 0.15) is 10.8 Å². The van der Waals surface area contributed by atoms with Gasteiger partial charge in [-0.25, -0.2) is 9.78 Å². The van der Waals surface area contributed by atoms with Crippen LogP contribution in [0.2, 0.25) is 5.02 Å². The molecule has 3 aromatic rings. The highest BCUT2D eigenvalue weighted by Crippen LogP contribution is 2.26. The predicted octanol–water partition coefficient (Wildman–Crippen LogP) is 4.51. The van der Waals surface area contributed by atoms with E-state index in [-0.39, 0.29) is 18.1 Å². The van der Waals surface area contributed by atoms with Gasteiger partial charge in [-0.3, -0.25) is 4.79 Å². The molecule has 0 amide bonds. The number of benzene rings is 2. The molecule has 3 rings (SSSR count). The molecule has 0 aliphatic rings. The van der Waals surface area contributed by atoms with Crippen molar-refractivity contribution in [3.63, 3.8) is 0 Å². The second kappa shape index (κ2) is 8.12. The molecule has 0 aliphatic carbocycles. The molecule has 0 saturated carbocycles. The first-order chi connectivity index (χ1) is 12.6. The van der Waals surface area contributed by atoms with Crippen molar-refractivity contribution in [2.45, 2.75) is 0 Å². The monoisotopic (exact) mass is 387 g/mol. The van der Waals surface area contributed by atoms with Crippen LogP contribution >= 0.6 is 22.9 Å². The molecule has 0 fully saturated rings. The van der Waals surface area contributed by atoms with Crippen LogP contribution < -0.4 is 4.74 Å². The highest BCUT2D eigenvalue weighted by Gasteiger charge is 2.15. The molecule has 0 unspecified atom stereocenters. The van der Waals surface area contributed by atoms with E-state index < -0.39 is 5.97 Å². The fraction of sp³-hybridized carbons (Fsp3) is 0.105. The molecule has 1 heterocycles. The maximum atomic E-state index is 12.1. The van der Waals surface area contributed by atoms with E-state index in [0.29, 0.717) is 15.6 Å². The minimum Gasteiger partial charge on any atom is -0.497 e. The molecular formula is C19H14ClNO4S. The van der Waals surface area contributed by atoms with Gasteiger partial charge in [-0.2, -0.15) is 0 Å². The van der Waals surface area contributed by atoms with Gasteiger partial charge >= 0.3 is 5.97 Å². The minimum absolute atomic E-state index is 0.171. The van der Waals surface area contributed by atoms with Crippen LogP contribution in [0.1, 0.15) is 20.8 Å². The molecule has 0 atom stereocenters. The van der Waals surface area contributed by atoms with E-state index >= 15 is 0 Å². The number of aromatic nitrogens is 1. The predicted molar refractivity (Wildman–Crippen MR) is 100 cm³/mol. The Kier molecular flexibility index (Phi) is 5.65. The van der Waals surface area contributed by atoms with Gasteiger partial charge in [0, 0.05) is 21.5 Å². The first kappa shape index (κ1) is 18.1. The Morgan fingerprint density at radius 3 is 2.42 bits per heavy atom. The molecule has 0 N–H and O–H groups in total. The fourth-order valence-electron chi connectivity index (χ4n) is 2.16. The van der Waals surface area contributed by atoms with E-state index in [1.165, 1.54) is 11.3 Å². The number of esters is 1. The third kappa shape index (κ3) is 4.28. The summed E-state index contributed by atoms with van der Waals surface area (Å²) in [6.07, 6.45) is 0. The highest BCUT2D eigenvalue weighted by atomic mass is 35.5. The Hall–Kier alpha value is -2.70. The third-order valence-electron chi connectivity index (χ3n) is 3.55. The summed E-state index contributed by atoms with van der Waals surface area (Å²) in [5, 5.41) is 2.82. The first-order valence-electron chi connectivity index (χ1n) is 7.62. The van der Waals surface area contributed by atoms with Crippen LogP contribution in [-0.2, 0) is 4.74 Å². The zero-order chi connectivity index (χ0) is 18.5. The number of carbonyl (C=O) groups is 2. The first-order valence-corrected chi connectivity index (χ1v) is 8.88. The van der Waals surface area contributed by atoms with Crippen molar-refractivity contribution in [2.75, 3.05) is 13.7 Å². The number of hydrogen-bond acceptors (Lipinski definition) is 6. The third-order valence-corrected chi connectivity index (χ3v) is 4.69. The van der Waals surface area contributed by atoms with Gasteiger partial charge in [0.2, 0.25) is 0 Å². The molecule has 132 valence electrons. The van der Waals surface area contributed by atoms with Gasteiger partial charge in [-0.1, -0.05) is 11.6 Å². The lowest BCUT2D eigenvalue weighted by molar-refractivity contribution is 0.0470. The van der Waals surface area contributed by atoms with Crippen molar-refractivity contribution in [3.8, 4) is 16.3 Å². The lowest BCUT2D eigenvalue weighted by Crippen LogP contribution is -2.14. The van der Waals surface area contributed by atoms with Crippen LogP contribution in [0, 0.1) is 0 Å². The number of thiazole rings is 1. The highest BCUT2D eigenvalue weighted by molar-refractivity contribution is 7.13. The van der Waals surface area contributed by atoms with E-state index in [0.717, 1.165) is 11.3 Å². The molecule has 7 heteroatoms. The average Bonchev–Trinajstić information content (AvgIpc) is 3.17. The van der Waals surface area contributed by atoms with Crippen LogP contribution in [-0.4, -0.2) is 30.5 Å². The summed E-state index contributed by atoms with van der Waals surface area (Å²) in [5.74, 6) is -0.199. The molecule has 0 radical (unpaired) electrons. The molecule has 0 saturated heterocycles. The van der Waals surface area contributed by atoms with E-state index in [9.17, 15) is 9.59 Å². The maximum Gasteiger partial charge on any atom is 0.358 e. The van der Waals surface area contributed by atoms with Gasteiger partial charge in [-0.05, 0) is 48.5 Å². The Balaban J connectivity index is 1.62. The zero-order valence-corrected chi connectivity index (χ0v) is 15.3. The van der Waals surface area contributed by atoms with Crippen LogP contribution in [0.15, 0.2) is 53.9 Å². The summed E-state index contributed by atoms with van der Waals surface area (Å²) in [6, 6.07) is 13.7. The standard InChI is InChI=1S/C19H14ClNO4S/c1-24-15-8-4-13(5-9-15)18-21-16(11-26-18)19(23)25-10-17(22)12-2-6-14(20)7-3-12/h2-9,11H,10H2,1H3. The van der Waals surface area contributed by atoms with E-state index in [2.05, 4.69) is 4.98 Å². The van der Waals surface area contributed by atoms with Gasteiger partial charge < -0.3 is 9.47 Å². The van der Waals surface area contributed by atoms with E-state index in [4.69, 9.17) is 21.1 Å². The number of ketones is 1. The number of rotatable bonds is 6. The molecule has 0 aliphatic heterocycles. The minimum atomic E-state index is -0.636. The Labute approximate surface area is 159 Å². The summed E-state index contributed by atoms with van der Waals surface area (Å²) in [6.45, 7) is -0.351. The Bertz CT molecular complexity index is 919. The smallest absolute Gasteiger partial charge is 0.358 e. The molecule has 5 nitrogen and oxygen atoms in total. The van der Waals surface area contributed by atoms with Gasteiger partial charge in [0.15, 0.2) is 18.1 Å². The average molecular weight is 388 g/mol. The number of methoxy groups -OCH3 is 1. The van der Waals surface area contributed by atoms with Crippen molar-refractivity contribution in [1.82, 2.24) is 4.98 Å². The van der Waals surface area contributed by atoms with Crippen LogP contribution in [0.25, 0.3) is 10.6 Å². The summed E-state index contributed by atoms with van der Waals surface area (Å²) in [7, 11) is 1.60. The van der Waals surface area contributed by atoms with Crippen LogP contribution in [0.3, 0.4) is 0 Å². The maximum absolute atomic E-state index is 12.1. The van der Waals surface area contributed by atoms with Crippen molar-refractivity contribution in [1.29, 1.82) is 0 Å². The van der Waals surface area contributed by atoms with Gasteiger partial charge in [0.25, 0.3) is 0 Å². The summed E-state index contributed by atoms with van der Waals surface area (Å²) < 4.78 is 10.2. The second-order valence-electron chi connectivity index (χ2n) is 5.27. The number of nitrogens with zero attached hydrogens (tertiary/aromatic N) is 1. The summed E-state index contributed by atoms with van der Waals surface area (Å²) in [5.41, 5.74) is 1.47. The van der Waals surface area contributed by atoms with Crippen molar-refractivity contribution in [2.24, 2.45) is 0 Å². The lowest BCUT2D eigenvalue weighted by Gasteiger charge is -2.03. The number of ether oxygens (including phenoxy) is 2. The molecule has 1 aromatic heterocycles. The zero-order valence-electron chi connectivity index (χ0n) is 13.8. The lowest BCUT2D eigenvalue weighted by atomic mass is 10.1. The van der Waals surface area contributed by atoms with Crippen molar-refractivity contribution >= 4 is 34.7 Å². The number of halogens is 1. The van der Waals surface area contributed by atoms with Crippen LogP contribution in [0.5, 0.6) is 5.75 Å². The molecular weight excluding hydrogens is 374 g/mol. The number of hydrogen-bond donors (Lipinski definition) is 0. The summed E-state index contributed by atoms with van der Waals surface area (Å²) >= 11 is 7.11. The molecule has 26 heavy (non-hydrogen) atoms. The van der Waals surface area contributed by atoms with E-state index in [1.54, 1.807) is 36.8 Å². The molecule has 2 aromatic carbocycles. The number of carbonyl (C=O) groups excluding carboxylic acids is 2. The number of Topliss-reactive ketones (excluding diaryl/α,β-unsaturated/α-hetero) is 1. The van der Waals surface area contributed by atoms with Crippen molar-refractivity contribution < 1.29 is 19.1 Å². The SMILES string of the molecule is COc1ccc(-c2nc(C(=O)OCC(=O)c3ccc(Cl)cc3)cs2)cc1. The van der Waals surface area contributed by atoms with Gasteiger partial charge in [0.05, 0.1) is 7.11 Å². The topological polar surface area (TPSA) is 65.5 Å². The molecule has 0 spiro atoms. The van der Waals surface area contributed by atoms with Crippen LogP contribution in [0.4, 0.5) is 0 Å². The quantitative estimate of drug-likeness (QED) is 0.460. The Morgan fingerprint density at radius 1 is 1.08 bits per heavy atom. The summed E-state index contributed by atoms with van der Waals surface area (Å²) in [4.78, 5) is 28.4. The largest absolute Gasteiger partial charge is 0.497 e. The Morgan fingerprint density at radius 2 is 1.77 bits per heavy atom. The molecule has 0 bridgehead atoms.